The van der Waals surface area contributed by atoms with Crippen molar-refractivity contribution in [2.24, 2.45) is 5.41 Å². The molecule has 0 radical (unpaired) electrons. The van der Waals surface area contributed by atoms with Gasteiger partial charge in [0.25, 0.3) is 0 Å². The van der Waals surface area contributed by atoms with Crippen LogP contribution in [0.25, 0.3) is 0 Å². The average molecular weight is 378 g/mol. The minimum Gasteiger partial charge on any atom is -0.379 e. The monoisotopic (exact) mass is 377 g/mol. The molecular weight excluding hydrogens is 338 g/mol. The number of nitrogens with one attached hydrogen (secondary N) is 1. The van der Waals surface area contributed by atoms with Crippen LogP contribution in [0.15, 0.2) is 0 Å². The van der Waals surface area contributed by atoms with Crippen LogP contribution in [-0.4, -0.2) is 85.4 Å². The Morgan fingerprint density at radius 2 is 1.19 bits per heavy atom. The maximum atomic E-state index is 11.6. The SMILES string of the molecule is CNCCOCCOCCCOCCOCCOCC(=O)CC(C)(C)C. The van der Waals surface area contributed by atoms with Crippen molar-refractivity contribution in [1.82, 2.24) is 5.32 Å². The topological polar surface area (TPSA) is 75.2 Å². The van der Waals surface area contributed by atoms with Gasteiger partial charge in [-0.2, -0.15) is 0 Å². The minimum absolute atomic E-state index is 0.0133. The molecule has 0 aromatic heterocycles. The summed E-state index contributed by atoms with van der Waals surface area (Å²) in [6, 6.07) is 0. The second kappa shape index (κ2) is 17.8. The Balaban J connectivity index is 3.12. The van der Waals surface area contributed by atoms with Gasteiger partial charge in [-0.1, -0.05) is 20.8 Å². The molecule has 0 aliphatic rings. The van der Waals surface area contributed by atoms with Gasteiger partial charge in [0.1, 0.15) is 6.61 Å². The van der Waals surface area contributed by atoms with E-state index in [-0.39, 0.29) is 17.8 Å². The largest absolute Gasteiger partial charge is 0.379 e. The maximum Gasteiger partial charge on any atom is 0.158 e. The number of ketones is 1. The highest BCUT2D eigenvalue weighted by Gasteiger charge is 2.15. The van der Waals surface area contributed by atoms with Gasteiger partial charge >= 0.3 is 0 Å². The highest BCUT2D eigenvalue weighted by Crippen LogP contribution is 2.18. The van der Waals surface area contributed by atoms with Gasteiger partial charge in [-0.3, -0.25) is 4.79 Å². The van der Waals surface area contributed by atoms with Gasteiger partial charge in [0, 0.05) is 26.2 Å². The molecule has 0 rings (SSSR count). The summed E-state index contributed by atoms with van der Waals surface area (Å²) in [6.07, 6.45) is 1.39. The Morgan fingerprint density at radius 1 is 0.731 bits per heavy atom. The molecule has 0 bridgehead atoms. The fourth-order valence-electron chi connectivity index (χ4n) is 2.03. The fraction of sp³-hybridized carbons (Fsp3) is 0.947. The van der Waals surface area contributed by atoms with Crippen LogP contribution in [0.1, 0.15) is 33.6 Å². The van der Waals surface area contributed by atoms with Crippen molar-refractivity contribution in [3.8, 4) is 0 Å². The zero-order chi connectivity index (χ0) is 19.5. The zero-order valence-electron chi connectivity index (χ0n) is 17.1. The Morgan fingerprint density at radius 3 is 1.69 bits per heavy atom. The van der Waals surface area contributed by atoms with Crippen LogP contribution in [0.3, 0.4) is 0 Å². The Bertz CT molecular complexity index is 320. The summed E-state index contributed by atoms with van der Waals surface area (Å²) in [5, 5.41) is 3.02. The average Bonchev–Trinajstić information content (AvgIpc) is 2.56. The highest BCUT2D eigenvalue weighted by molar-refractivity contribution is 5.80. The molecule has 0 heterocycles. The van der Waals surface area contributed by atoms with Crippen molar-refractivity contribution >= 4 is 5.78 Å². The number of ether oxygens (including phenoxy) is 5. The molecule has 156 valence electrons. The molecular formula is C19H39NO6. The third kappa shape index (κ3) is 21.5. The molecule has 26 heavy (non-hydrogen) atoms. The molecule has 0 spiro atoms. The van der Waals surface area contributed by atoms with E-state index in [0.29, 0.717) is 65.9 Å². The lowest BCUT2D eigenvalue weighted by Gasteiger charge is -2.16. The van der Waals surface area contributed by atoms with Crippen molar-refractivity contribution in [2.45, 2.75) is 33.6 Å². The fourth-order valence-corrected chi connectivity index (χ4v) is 2.03. The highest BCUT2D eigenvalue weighted by atomic mass is 16.5. The molecule has 0 unspecified atom stereocenters. The molecule has 0 saturated carbocycles. The predicted octanol–water partition coefficient (Wildman–Crippen LogP) is 1.68. The van der Waals surface area contributed by atoms with Gasteiger partial charge < -0.3 is 29.0 Å². The van der Waals surface area contributed by atoms with Gasteiger partial charge in [0.05, 0.1) is 46.2 Å². The van der Waals surface area contributed by atoms with Crippen LogP contribution < -0.4 is 5.32 Å². The minimum atomic E-state index is 0.0133. The van der Waals surface area contributed by atoms with Crippen molar-refractivity contribution in [3.63, 3.8) is 0 Å². The number of likely N-dealkylation sites (N-methyl/N-ethyl adjacent to an activating group) is 1. The van der Waals surface area contributed by atoms with E-state index in [1.165, 1.54) is 0 Å². The Hall–Kier alpha value is -0.570. The third-order valence-corrected chi connectivity index (χ3v) is 3.18. The number of Topliss-reactive ketones (excluding diaryl/α,β-unsaturated/α-hetero) is 1. The number of carbonyl (C=O) groups is 1. The number of hydrogen-bond acceptors (Lipinski definition) is 7. The first-order chi connectivity index (χ1) is 12.5. The summed E-state index contributed by atoms with van der Waals surface area (Å²) < 4.78 is 26.9. The van der Waals surface area contributed by atoms with E-state index in [1.54, 1.807) is 0 Å². The van der Waals surface area contributed by atoms with Gasteiger partial charge in [-0.05, 0) is 18.9 Å². The molecule has 7 nitrogen and oxygen atoms in total. The van der Waals surface area contributed by atoms with Gasteiger partial charge in [-0.15, -0.1) is 0 Å². The van der Waals surface area contributed by atoms with Crippen molar-refractivity contribution in [3.05, 3.63) is 0 Å². The van der Waals surface area contributed by atoms with Crippen LogP contribution in [0, 0.1) is 5.41 Å². The van der Waals surface area contributed by atoms with Gasteiger partial charge in [0.15, 0.2) is 5.78 Å². The van der Waals surface area contributed by atoms with E-state index in [4.69, 9.17) is 23.7 Å². The summed E-state index contributed by atoms with van der Waals surface area (Å²) in [7, 11) is 1.90. The normalized spacial score (nSPS) is 11.8. The van der Waals surface area contributed by atoms with Gasteiger partial charge in [0.2, 0.25) is 0 Å². The van der Waals surface area contributed by atoms with Crippen LogP contribution in [-0.2, 0) is 28.5 Å². The second-order valence-corrected chi connectivity index (χ2v) is 7.24. The van der Waals surface area contributed by atoms with Crippen molar-refractivity contribution in [1.29, 1.82) is 0 Å². The van der Waals surface area contributed by atoms with E-state index in [9.17, 15) is 4.79 Å². The molecule has 0 aliphatic heterocycles. The summed E-state index contributed by atoms with van der Waals surface area (Å²) in [4.78, 5) is 11.6. The standard InChI is InChI=1S/C19H39NO6/c1-19(2,3)16-18(21)17-26-15-14-25-13-11-23-8-5-7-22-10-12-24-9-6-20-4/h20H,5-17H2,1-4H3. The van der Waals surface area contributed by atoms with Crippen LogP contribution >= 0.6 is 0 Å². The van der Waals surface area contributed by atoms with E-state index < -0.39 is 0 Å². The molecule has 0 atom stereocenters. The Kier molecular flexibility index (Phi) is 17.4. The van der Waals surface area contributed by atoms with E-state index in [2.05, 4.69) is 5.32 Å². The summed E-state index contributed by atoms with van der Waals surface area (Å²) in [5.41, 5.74) is 0.0133. The molecule has 0 fully saturated rings. The lowest BCUT2D eigenvalue weighted by Crippen LogP contribution is -2.19. The summed E-state index contributed by atoms with van der Waals surface area (Å²) >= 11 is 0. The van der Waals surface area contributed by atoms with E-state index in [1.807, 2.05) is 27.8 Å². The van der Waals surface area contributed by atoms with Crippen LogP contribution in [0.5, 0.6) is 0 Å². The first kappa shape index (κ1) is 25.4. The zero-order valence-corrected chi connectivity index (χ0v) is 17.1. The quantitative estimate of drug-likeness (QED) is 0.343. The lowest BCUT2D eigenvalue weighted by molar-refractivity contribution is -0.125. The molecule has 0 aliphatic carbocycles. The first-order valence-corrected chi connectivity index (χ1v) is 9.51. The number of carbonyl (C=O) groups excluding carboxylic acids is 1. The van der Waals surface area contributed by atoms with Crippen molar-refractivity contribution in [2.75, 3.05) is 79.7 Å². The smallest absolute Gasteiger partial charge is 0.158 e. The third-order valence-electron chi connectivity index (χ3n) is 3.18. The second-order valence-electron chi connectivity index (χ2n) is 7.24. The number of hydrogen-bond donors (Lipinski definition) is 1. The van der Waals surface area contributed by atoms with Crippen LogP contribution in [0.4, 0.5) is 0 Å². The molecule has 1 N–H and O–H groups in total. The predicted molar refractivity (Wildman–Crippen MR) is 102 cm³/mol. The number of rotatable bonds is 19. The van der Waals surface area contributed by atoms with Gasteiger partial charge in [-0.25, -0.2) is 0 Å². The van der Waals surface area contributed by atoms with Crippen LogP contribution in [0.2, 0.25) is 0 Å². The molecule has 7 heteroatoms. The molecule has 0 aromatic carbocycles. The molecule has 0 saturated heterocycles. The first-order valence-electron chi connectivity index (χ1n) is 9.51. The van der Waals surface area contributed by atoms with E-state index >= 15 is 0 Å². The molecule has 0 amide bonds. The maximum absolute atomic E-state index is 11.6. The Labute approximate surface area is 159 Å². The van der Waals surface area contributed by atoms with Crippen molar-refractivity contribution < 1.29 is 28.5 Å². The summed E-state index contributed by atoms with van der Waals surface area (Å²) in [6.45, 7) is 12.4. The lowest BCUT2D eigenvalue weighted by atomic mass is 9.90. The van der Waals surface area contributed by atoms with E-state index in [0.717, 1.165) is 13.0 Å². The summed E-state index contributed by atoms with van der Waals surface area (Å²) in [5.74, 6) is 0.132. The molecule has 0 aromatic rings.